The fourth-order valence-corrected chi connectivity index (χ4v) is 6.25. The van der Waals surface area contributed by atoms with Crippen LogP contribution in [0.25, 0.3) is 11.3 Å². The number of piperazine rings is 1. The first kappa shape index (κ1) is 25.2. The van der Waals surface area contributed by atoms with Gasteiger partial charge in [-0.3, -0.25) is 4.79 Å². The second kappa shape index (κ2) is 10.9. The highest BCUT2D eigenvalue weighted by Gasteiger charge is 2.28. The highest BCUT2D eigenvalue weighted by atomic mass is 32.2. The van der Waals surface area contributed by atoms with Crippen molar-refractivity contribution in [3.05, 3.63) is 66.5 Å². The molecule has 1 amide bonds. The van der Waals surface area contributed by atoms with Crippen molar-refractivity contribution < 1.29 is 17.9 Å². The maximum absolute atomic E-state index is 13.1. The molecule has 37 heavy (non-hydrogen) atoms. The highest BCUT2D eigenvalue weighted by molar-refractivity contribution is 7.89. The molecule has 5 rings (SSSR count). The molecule has 2 fully saturated rings. The number of rotatable bonds is 7. The van der Waals surface area contributed by atoms with Crippen molar-refractivity contribution in [2.24, 2.45) is 0 Å². The van der Waals surface area contributed by atoms with Crippen LogP contribution in [-0.2, 0) is 10.0 Å². The Hall–Kier alpha value is -3.50. The molecule has 0 atom stereocenters. The zero-order chi connectivity index (χ0) is 25.8. The summed E-state index contributed by atoms with van der Waals surface area (Å²) < 4.78 is 32.5. The molecule has 2 aromatic carbocycles. The molecule has 2 aliphatic rings. The molecule has 194 valence electrons. The maximum atomic E-state index is 13.1. The number of hydrogen-bond donors (Lipinski definition) is 0. The van der Waals surface area contributed by atoms with Crippen molar-refractivity contribution >= 4 is 21.7 Å². The van der Waals surface area contributed by atoms with Crippen LogP contribution in [0.1, 0.15) is 30.1 Å². The van der Waals surface area contributed by atoms with Crippen molar-refractivity contribution in [2.45, 2.75) is 24.7 Å². The Morgan fingerprint density at radius 3 is 2.22 bits per heavy atom. The Labute approximate surface area is 217 Å². The summed E-state index contributed by atoms with van der Waals surface area (Å²) in [5, 5.41) is 0. The molecule has 3 aromatic rings. The summed E-state index contributed by atoms with van der Waals surface area (Å²) in [7, 11) is -3.49. The summed E-state index contributed by atoms with van der Waals surface area (Å²) in [6.45, 7) is 6.08. The van der Waals surface area contributed by atoms with Gasteiger partial charge >= 0.3 is 0 Å². The third-order valence-electron chi connectivity index (χ3n) is 6.81. The number of ether oxygens (including phenoxy) is 1. The van der Waals surface area contributed by atoms with E-state index in [1.54, 1.807) is 35.5 Å². The topological polar surface area (TPSA) is 95.9 Å². The minimum atomic E-state index is -3.49. The van der Waals surface area contributed by atoms with E-state index >= 15 is 0 Å². The van der Waals surface area contributed by atoms with Crippen LogP contribution in [0.3, 0.4) is 0 Å². The van der Waals surface area contributed by atoms with Gasteiger partial charge in [-0.1, -0.05) is 0 Å². The molecule has 10 heteroatoms. The monoisotopic (exact) mass is 521 g/mol. The number of amides is 1. The van der Waals surface area contributed by atoms with Crippen LogP contribution in [0.15, 0.2) is 65.8 Å². The SMILES string of the molecule is CCOc1ccc(-c2cc(N3CCN(C(=O)c4ccc(S(=O)(=O)N5CCCC5)cc4)CC3)ncn2)cc1. The third-order valence-corrected chi connectivity index (χ3v) is 8.72. The van der Waals surface area contributed by atoms with Crippen molar-refractivity contribution in [1.29, 1.82) is 0 Å². The van der Waals surface area contributed by atoms with Crippen LogP contribution in [-0.4, -0.2) is 79.4 Å². The number of aromatic nitrogens is 2. The number of benzene rings is 2. The van der Waals surface area contributed by atoms with Crippen LogP contribution in [0, 0.1) is 0 Å². The van der Waals surface area contributed by atoms with Crippen molar-refractivity contribution in [2.75, 3.05) is 50.8 Å². The van der Waals surface area contributed by atoms with E-state index < -0.39 is 10.0 Å². The van der Waals surface area contributed by atoms with Gasteiger partial charge in [-0.25, -0.2) is 18.4 Å². The van der Waals surface area contributed by atoms with Gasteiger partial charge in [-0.05, 0) is 68.3 Å². The molecule has 1 aromatic heterocycles. The molecule has 0 aliphatic carbocycles. The molecule has 3 heterocycles. The fourth-order valence-electron chi connectivity index (χ4n) is 4.73. The minimum absolute atomic E-state index is 0.0949. The second-order valence-corrected chi connectivity index (χ2v) is 11.1. The van der Waals surface area contributed by atoms with Gasteiger partial charge < -0.3 is 14.5 Å². The number of sulfonamides is 1. The summed E-state index contributed by atoms with van der Waals surface area (Å²) in [5.74, 6) is 1.55. The summed E-state index contributed by atoms with van der Waals surface area (Å²) in [5.41, 5.74) is 2.31. The molecular weight excluding hydrogens is 490 g/mol. The predicted molar refractivity (Wildman–Crippen MR) is 141 cm³/mol. The quantitative estimate of drug-likeness (QED) is 0.471. The number of carbonyl (C=O) groups excluding carboxylic acids is 1. The van der Waals surface area contributed by atoms with Gasteiger partial charge in [-0.15, -0.1) is 0 Å². The first-order valence-electron chi connectivity index (χ1n) is 12.7. The maximum Gasteiger partial charge on any atom is 0.253 e. The van der Waals surface area contributed by atoms with Crippen LogP contribution in [0.5, 0.6) is 5.75 Å². The summed E-state index contributed by atoms with van der Waals surface area (Å²) in [6.07, 6.45) is 3.34. The van der Waals surface area contributed by atoms with E-state index in [1.807, 2.05) is 37.3 Å². The van der Waals surface area contributed by atoms with Gasteiger partial charge in [0.25, 0.3) is 5.91 Å². The zero-order valence-corrected chi connectivity index (χ0v) is 21.7. The third kappa shape index (κ3) is 5.45. The van der Waals surface area contributed by atoms with E-state index in [0.717, 1.165) is 35.7 Å². The highest BCUT2D eigenvalue weighted by Crippen LogP contribution is 2.25. The Balaban J connectivity index is 1.21. The number of anilines is 1. The number of hydrogen-bond acceptors (Lipinski definition) is 7. The zero-order valence-electron chi connectivity index (χ0n) is 20.9. The molecule has 0 radical (unpaired) electrons. The Morgan fingerprint density at radius 1 is 0.892 bits per heavy atom. The lowest BCUT2D eigenvalue weighted by Crippen LogP contribution is -2.49. The molecule has 0 bridgehead atoms. The normalized spacial score (nSPS) is 16.7. The van der Waals surface area contributed by atoms with Gasteiger partial charge in [0.2, 0.25) is 10.0 Å². The molecule has 2 aliphatic heterocycles. The average molecular weight is 522 g/mol. The predicted octanol–water partition coefficient (Wildman–Crippen LogP) is 3.29. The van der Waals surface area contributed by atoms with Crippen LogP contribution in [0.2, 0.25) is 0 Å². The van der Waals surface area contributed by atoms with E-state index in [9.17, 15) is 13.2 Å². The van der Waals surface area contributed by atoms with E-state index in [4.69, 9.17) is 4.74 Å². The molecule has 2 saturated heterocycles. The molecule has 0 spiro atoms. The van der Waals surface area contributed by atoms with Crippen LogP contribution in [0.4, 0.5) is 5.82 Å². The number of nitrogens with zero attached hydrogens (tertiary/aromatic N) is 5. The van der Waals surface area contributed by atoms with Crippen molar-refractivity contribution in [3.8, 4) is 17.0 Å². The first-order chi connectivity index (χ1) is 18.0. The van der Waals surface area contributed by atoms with Gasteiger partial charge in [0.05, 0.1) is 17.2 Å². The lowest BCUT2D eigenvalue weighted by molar-refractivity contribution is 0.0746. The summed E-state index contributed by atoms with van der Waals surface area (Å²) >= 11 is 0. The lowest BCUT2D eigenvalue weighted by Gasteiger charge is -2.35. The van der Waals surface area contributed by atoms with E-state index in [2.05, 4.69) is 14.9 Å². The standard InChI is InChI=1S/C27H31N5O4S/c1-2-36-23-9-5-21(6-10-23)25-19-26(29-20-28-25)30-15-17-31(18-16-30)27(33)22-7-11-24(12-8-22)37(34,35)32-13-3-4-14-32/h5-12,19-20H,2-4,13-18H2,1H3. The molecule has 0 N–H and O–H groups in total. The van der Waals surface area contributed by atoms with Crippen molar-refractivity contribution in [1.82, 2.24) is 19.2 Å². The van der Waals surface area contributed by atoms with Crippen LogP contribution < -0.4 is 9.64 Å². The van der Waals surface area contributed by atoms with Crippen LogP contribution >= 0.6 is 0 Å². The second-order valence-electron chi connectivity index (χ2n) is 9.13. The van der Waals surface area contributed by atoms with E-state index in [1.165, 1.54) is 4.31 Å². The largest absolute Gasteiger partial charge is 0.494 e. The lowest BCUT2D eigenvalue weighted by atomic mass is 10.1. The van der Waals surface area contributed by atoms with Crippen molar-refractivity contribution in [3.63, 3.8) is 0 Å². The molecule has 9 nitrogen and oxygen atoms in total. The fraction of sp³-hybridized carbons (Fsp3) is 0.370. The smallest absolute Gasteiger partial charge is 0.253 e. The van der Waals surface area contributed by atoms with Gasteiger partial charge in [-0.2, -0.15) is 4.31 Å². The van der Waals surface area contributed by atoms with Gasteiger partial charge in [0.15, 0.2) is 0 Å². The minimum Gasteiger partial charge on any atom is -0.494 e. The Kier molecular flexibility index (Phi) is 7.38. The Morgan fingerprint density at radius 2 is 1.57 bits per heavy atom. The molecule has 0 unspecified atom stereocenters. The molecular formula is C27H31N5O4S. The average Bonchev–Trinajstić information content (AvgIpc) is 3.50. The molecule has 0 saturated carbocycles. The van der Waals surface area contributed by atoms with Gasteiger partial charge in [0, 0.05) is 56.5 Å². The Bertz CT molecular complexity index is 1330. The van der Waals surface area contributed by atoms with E-state index in [-0.39, 0.29) is 10.8 Å². The summed E-state index contributed by atoms with van der Waals surface area (Å²) in [6, 6.07) is 16.1. The van der Waals surface area contributed by atoms with Gasteiger partial charge in [0.1, 0.15) is 17.9 Å². The summed E-state index contributed by atoms with van der Waals surface area (Å²) in [4.78, 5) is 26.2. The first-order valence-corrected chi connectivity index (χ1v) is 14.1. The van der Waals surface area contributed by atoms with E-state index in [0.29, 0.717) is 51.4 Å². The number of carbonyl (C=O) groups is 1.